The Morgan fingerprint density at radius 2 is 2.21 bits per heavy atom. The minimum absolute atomic E-state index is 0.0469. The number of hydrogen-bond acceptors (Lipinski definition) is 4. The standard InChI is InChI=1S/C10H11NO3/c1-11(2)6-5-9(12)8-4-3-7-14-10(8)13/h3-7H,1-2H3. The third-order valence-electron chi connectivity index (χ3n) is 1.53. The Balaban J connectivity index is 2.91. The van der Waals surface area contributed by atoms with Gasteiger partial charge in [0.2, 0.25) is 0 Å². The fourth-order valence-corrected chi connectivity index (χ4v) is 0.857. The summed E-state index contributed by atoms with van der Waals surface area (Å²) in [7, 11) is 3.58. The first kappa shape index (κ1) is 10.2. The maximum atomic E-state index is 11.4. The molecular weight excluding hydrogens is 182 g/mol. The molecule has 74 valence electrons. The molecule has 0 bridgehead atoms. The summed E-state index contributed by atoms with van der Waals surface area (Å²) in [5, 5.41) is 0. The van der Waals surface area contributed by atoms with Crippen molar-refractivity contribution in [2.24, 2.45) is 0 Å². The molecule has 0 aliphatic rings. The van der Waals surface area contributed by atoms with Crippen LogP contribution in [0, 0.1) is 0 Å². The maximum absolute atomic E-state index is 11.4. The molecule has 1 aromatic heterocycles. The summed E-state index contributed by atoms with van der Waals surface area (Å²) in [6.45, 7) is 0. The highest BCUT2D eigenvalue weighted by Gasteiger charge is 2.06. The highest BCUT2D eigenvalue weighted by Crippen LogP contribution is 1.95. The second kappa shape index (κ2) is 4.41. The molecule has 0 N–H and O–H groups in total. The molecule has 0 radical (unpaired) electrons. The van der Waals surface area contributed by atoms with Gasteiger partial charge in [0.25, 0.3) is 0 Å². The van der Waals surface area contributed by atoms with Crippen LogP contribution >= 0.6 is 0 Å². The molecule has 0 aromatic carbocycles. The lowest BCUT2D eigenvalue weighted by Gasteiger charge is -2.01. The summed E-state index contributed by atoms with van der Waals surface area (Å²) in [5.74, 6) is -0.354. The van der Waals surface area contributed by atoms with Crippen LogP contribution in [0.3, 0.4) is 0 Å². The van der Waals surface area contributed by atoms with E-state index < -0.39 is 5.63 Å². The molecular formula is C10H11NO3. The number of carbonyl (C=O) groups is 1. The van der Waals surface area contributed by atoms with E-state index in [2.05, 4.69) is 4.42 Å². The van der Waals surface area contributed by atoms with Crippen LogP contribution in [0.1, 0.15) is 10.4 Å². The van der Waals surface area contributed by atoms with Crippen LogP contribution in [-0.4, -0.2) is 24.8 Å². The first-order chi connectivity index (χ1) is 6.61. The Kier molecular flexibility index (Phi) is 3.23. The van der Waals surface area contributed by atoms with Gasteiger partial charge >= 0.3 is 5.63 Å². The lowest BCUT2D eigenvalue weighted by atomic mass is 10.2. The molecule has 0 unspecified atom stereocenters. The third-order valence-corrected chi connectivity index (χ3v) is 1.53. The van der Waals surface area contributed by atoms with Gasteiger partial charge in [0, 0.05) is 26.4 Å². The molecule has 14 heavy (non-hydrogen) atoms. The summed E-state index contributed by atoms with van der Waals surface area (Å²) in [6, 6.07) is 2.95. The van der Waals surface area contributed by atoms with E-state index in [4.69, 9.17) is 0 Å². The minimum atomic E-state index is -0.610. The van der Waals surface area contributed by atoms with E-state index in [9.17, 15) is 9.59 Å². The van der Waals surface area contributed by atoms with E-state index in [1.165, 1.54) is 24.5 Å². The zero-order chi connectivity index (χ0) is 10.6. The molecule has 4 nitrogen and oxygen atoms in total. The molecule has 4 heteroatoms. The van der Waals surface area contributed by atoms with Crippen molar-refractivity contribution in [3.8, 4) is 0 Å². The molecule has 0 spiro atoms. The molecule has 0 saturated carbocycles. The van der Waals surface area contributed by atoms with E-state index in [-0.39, 0.29) is 11.3 Å². The zero-order valence-electron chi connectivity index (χ0n) is 8.06. The molecule has 0 aliphatic carbocycles. The number of nitrogens with zero attached hydrogens (tertiary/aromatic N) is 1. The van der Waals surface area contributed by atoms with Crippen LogP contribution in [-0.2, 0) is 0 Å². The van der Waals surface area contributed by atoms with Crippen molar-refractivity contribution in [1.29, 1.82) is 0 Å². The van der Waals surface area contributed by atoms with Crippen molar-refractivity contribution in [1.82, 2.24) is 4.90 Å². The largest absolute Gasteiger partial charge is 0.431 e. The Morgan fingerprint density at radius 3 is 2.79 bits per heavy atom. The molecule has 0 atom stereocenters. The monoisotopic (exact) mass is 193 g/mol. The number of rotatable bonds is 3. The highest BCUT2D eigenvalue weighted by atomic mass is 16.4. The van der Waals surface area contributed by atoms with Gasteiger partial charge in [-0.1, -0.05) is 0 Å². The Hall–Kier alpha value is -1.84. The predicted octanol–water partition coefficient (Wildman–Crippen LogP) is 0.898. The van der Waals surface area contributed by atoms with Gasteiger partial charge in [-0.3, -0.25) is 4.79 Å². The van der Waals surface area contributed by atoms with Crippen LogP contribution in [0.25, 0.3) is 0 Å². The van der Waals surface area contributed by atoms with Gasteiger partial charge in [-0.15, -0.1) is 0 Å². The molecule has 0 fully saturated rings. The van der Waals surface area contributed by atoms with Crippen molar-refractivity contribution in [3.63, 3.8) is 0 Å². The number of allylic oxidation sites excluding steroid dienone is 1. The van der Waals surface area contributed by atoms with Gasteiger partial charge in [0.15, 0.2) is 5.78 Å². The van der Waals surface area contributed by atoms with E-state index in [0.717, 1.165) is 0 Å². The maximum Gasteiger partial charge on any atom is 0.346 e. The van der Waals surface area contributed by atoms with Crippen LogP contribution in [0.15, 0.2) is 39.9 Å². The lowest BCUT2D eigenvalue weighted by molar-refractivity contribution is 0.104. The topological polar surface area (TPSA) is 50.5 Å². The first-order valence-corrected chi connectivity index (χ1v) is 4.08. The van der Waals surface area contributed by atoms with Crippen molar-refractivity contribution in [2.75, 3.05) is 14.1 Å². The SMILES string of the molecule is CN(C)C=CC(=O)c1cccoc1=O. The molecule has 1 aromatic rings. The smallest absolute Gasteiger partial charge is 0.346 e. The van der Waals surface area contributed by atoms with E-state index in [1.807, 2.05) is 0 Å². The zero-order valence-corrected chi connectivity index (χ0v) is 8.06. The first-order valence-electron chi connectivity index (χ1n) is 4.08. The van der Waals surface area contributed by atoms with Crippen molar-refractivity contribution < 1.29 is 9.21 Å². The Labute approximate surface area is 81.5 Å². The van der Waals surface area contributed by atoms with Crippen molar-refractivity contribution in [3.05, 3.63) is 46.7 Å². The third kappa shape index (κ3) is 2.58. The number of ketones is 1. The molecule has 0 amide bonds. The van der Waals surface area contributed by atoms with Gasteiger partial charge in [0.05, 0.1) is 6.26 Å². The van der Waals surface area contributed by atoms with E-state index in [1.54, 1.807) is 25.2 Å². The predicted molar refractivity (Wildman–Crippen MR) is 52.1 cm³/mol. The second-order valence-corrected chi connectivity index (χ2v) is 2.96. The average molecular weight is 193 g/mol. The number of carbonyl (C=O) groups excluding carboxylic acids is 1. The normalized spacial score (nSPS) is 10.4. The lowest BCUT2D eigenvalue weighted by Crippen LogP contribution is -2.12. The van der Waals surface area contributed by atoms with Crippen LogP contribution in [0.4, 0.5) is 0 Å². The Morgan fingerprint density at radius 1 is 1.50 bits per heavy atom. The quantitative estimate of drug-likeness (QED) is 0.528. The summed E-state index contributed by atoms with van der Waals surface area (Å²) in [4.78, 5) is 24.2. The van der Waals surface area contributed by atoms with Crippen LogP contribution < -0.4 is 5.63 Å². The number of hydrogen-bond donors (Lipinski definition) is 0. The molecule has 0 aliphatic heterocycles. The summed E-state index contributed by atoms with van der Waals surface area (Å²) < 4.78 is 4.56. The summed E-state index contributed by atoms with van der Waals surface area (Å²) in [6.07, 6.45) is 4.15. The van der Waals surface area contributed by atoms with Gasteiger partial charge in [-0.2, -0.15) is 0 Å². The average Bonchev–Trinajstić information content (AvgIpc) is 2.15. The minimum Gasteiger partial charge on any atom is -0.431 e. The summed E-state index contributed by atoms with van der Waals surface area (Å²) >= 11 is 0. The molecule has 1 heterocycles. The fourth-order valence-electron chi connectivity index (χ4n) is 0.857. The highest BCUT2D eigenvalue weighted by molar-refractivity contribution is 6.03. The van der Waals surface area contributed by atoms with Crippen molar-refractivity contribution in [2.45, 2.75) is 0 Å². The van der Waals surface area contributed by atoms with Crippen molar-refractivity contribution >= 4 is 5.78 Å². The summed E-state index contributed by atoms with van der Waals surface area (Å²) in [5.41, 5.74) is -0.563. The Bertz CT molecular complexity index is 404. The van der Waals surface area contributed by atoms with Gasteiger partial charge < -0.3 is 9.32 Å². The van der Waals surface area contributed by atoms with Gasteiger partial charge in [-0.25, -0.2) is 4.79 Å². The van der Waals surface area contributed by atoms with Gasteiger partial charge in [0.1, 0.15) is 5.56 Å². The van der Waals surface area contributed by atoms with E-state index >= 15 is 0 Å². The molecule has 0 saturated heterocycles. The second-order valence-electron chi connectivity index (χ2n) is 2.96. The van der Waals surface area contributed by atoms with Crippen LogP contribution in [0.5, 0.6) is 0 Å². The fraction of sp³-hybridized carbons (Fsp3) is 0.200. The van der Waals surface area contributed by atoms with E-state index in [0.29, 0.717) is 0 Å². The van der Waals surface area contributed by atoms with Gasteiger partial charge in [-0.05, 0) is 12.1 Å². The van der Waals surface area contributed by atoms with Crippen LogP contribution in [0.2, 0.25) is 0 Å². The molecule has 1 rings (SSSR count).